The van der Waals surface area contributed by atoms with Crippen LogP contribution in [0.2, 0.25) is 0 Å². The summed E-state index contributed by atoms with van der Waals surface area (Å²) in [4.78, 5) is -0.606. The van der Waals surface area contributed by atoms with E-state index < -0.39 is 45.3 Å². The van der Waals surface area contributed by atoms with Crippen molar-refractivity contribution in [1.82, 2.24) is 0 Å². The molecule has 0 saturated carbocycles. The number of fused-ring (bicyclic) bond motifs is 1. The topological polar surface area (TPSA) is 54.4 Å². The van der Waals surface area contributed by atoms with Gasteiger partial charge in [0.05, 0.1) is 0 Å². The molecular formula is C14H10F6O3S. The molecule has 1 N–H and O–H groups in total. The summed E-state index contributed by atoms with van der Waals surface area (Å²) in [5, 5.41) is -0.356. The molecule has 2 aromatic carbocycles. The first-order valence-corrected chi connectivity index (χ1v) is 7.84. The predicted molar refractivity (Wildman–Crippen MR) is 73.4 cm³/mol. The van der Waals surface area contributed by atoms with Crippen molar-refractivity contribution in [3.8, 4) is 0 Å². The lowest BCUT2D eigenvalue weighted by molar-refractivity contribution is -0.262. The van der Waals surface area contributed by atoms with E-state index in [1.54, 1.807) is 0 Å². The van der Waals surface area contributed by atoms with Crippen molar-refractivity contribution in [2.24, 2.45) is 0 Å². The fraction of sp³-hybridized carbons (Fsp3) is 0.286. The van der Waals surface area contributed by atoms with E-state index in [0.717, 1.165) is 30.3 Å². The number of alkyl halides is 6. The summed E-state index contributed by atoms with van der Waals surface area (Å²) in [5.41, 5.74) is -0.455. The van der Waals surface area contributed by atoms with Crippen molar-refractivity contribution >= 4 is 20.9 Å². The van der Waals surface area contributed by atoms with Crippen molar-refractivity contribution < 1.29 is 39.3 Å². The largest absolute Gasteiger partial charge is 0.369 e. The summed E-state index contributed by atoms with van der Waals surface area (Å²) >= 11 is 0. The summed E-state index contributed by atoms with van der Waals surface area (Å²) in [7, 11) is -4.69. The van der Waals surface area contributed by atoms with Gasteiger partial charge in [-0.25, -0.2) is 8.78 Å². The van der Waals surface area contributed by atoms with Gasteiger partial charge in [-0.15, -0.1) is 0 Å². The molecule has 0 aliphatic carbocycles. The molecule has 0 radical (unpaired) electrons. The summed E-state index contributed by atoms with van der Waals surface area (Å²) in [6, 6.07) is 6.53. The summed E-state index contributed by atoms with van der Waals surface area (Å²) < 4.78 is 109. The molecule has 3 nitrogen and oxygen atoms in total. The van der Waals surface area contributed by atoms with Gasteiger partial charge < -0.3 is 0 Å². The Morgan fingerprint density at radius 1 is 0.958 bits per heavy atom. The zero-order valence-corrected chi connectivity index (χ0v) is 12.5. The Morgan fingerprint density at radius 2 is 1.50 bits per heavy atom. The third-order valence-electron chi connectivity index (χ3n) is 3.42. The van der Waals surface area contributed by atoms with E-state index in [2.05, 4.69) is 0 Å². The average molecular weight is 372 g/mol. The van der Waals surface area contributed by atoms with Gasteiger partial charge in [-0.05, 0) is 17.0 Å². The van der Waals surface area contributed by atoms with Crippen molar-refractivity contribution in [3.63, 3.8) is 0 Å². The number of hydrogen-bond donors (Lipinski definition) is 1. The second-order valence-corrected chi connectivity index (χ2v) is 6.44. The first kappa shape index (κ1) is 18.5. The lowest BCUT2D eigenvalue weighted by atomic mass is 9.97. The summed E-state index contributed by atoms with van der Waals surface area (Å²) in [5.74, 6) is -10.6. The minimum absolute atomic E-state index is 0.169. The van der Waals surface area contributed by atoms with E-state index in [1.807, 2.05) is 0 Å². The zero-order chi connectivity index (χ0) is 18.3. The molecule has 0 atom stereocenters. The maximum Gasteiger partial charge on any atom is 0.369 e. The van der Waals surface area contributed by atoms with Crippen LogP contribution in [0.4, 0.5) is 26.3 Å². The highest BCUT2D eigenvalue weighted by Gasteiger charge is 2.62. The molecule has 24 heavy (non-hydrogen) atoms. The average Bonchev–Trinajstić information content (AvgIpc) is 2.45. The molecule has 0 fully saturated rings. The molecule has 0 aliphatic heterocycles. The molecule has 0 bridgehead atoms. The fourth-order valence-corrected chi connectivity index (χ4v) is 2.95. The highest BCUT2D eigenvalue weighted by Crippen LogP contribution is 2.42. The zero-order valence-electron chi connectivity index (χ0n) is 11.7. The lowest BCUT2D eigenvalue weighted by Crippen LogP contribution is -2.47. The van der Waals surface area contributed by atoms with E-state index in [0.29, 0.717) is 0 Å². The lowest BCUT2D eigenvalue weighted by Gasteiger charge is -2.26. The summed E-state index contributed by atoms with van der Waals surface area (Å²) in [6.45, 7) is 0. The van der Waals surface area contributed by atoms with E-state index in [1.165, 1.54) is 6.07 Å². The first-order valence-electron chi connectivity index (χ1n) is 6.40. The minimum Gasteiger partial charge on any atom is -0.282 e. The van der Waals surface area contributed by atoms with Gasteiger partial charge in [0.1, 0.15) is 4.90 Å². The molecular weight excluding hydrogens is 362 g/mol. The molecule has 0 saturated heterocycles. The Labute approximate surface area is 132 Å². The first-order chi connectivity index (χ1) is 10.9. The van der Waals surface area contributed by atoms with Crippen LogP contribution in [0.5, 0.6) is 0 Å². The van der Waals surface area contributed by atoms with Gasteiger partial charge in [0.15, 0.2) is 0 Å². The Balaban J connectivity index is 2.60. The highest BCUT2D eigenvalue weighted by atomic mass is 32.2. The van der Waals surface area contributed by atoms with Crippen molar-refractivity contribution in [2.45, 2.75) is 29.6 Å². The van der Waals surface area contributed by atoms with Crippen LogP contribution < -0.4 is 0 Å². The van der Waals surface area contributed by atoms with Gasteiger partial charge in [0.2, 0.25) is 0 Å². The van der Waals surface area contributed by atoms with Crippen molar-refractivity contribution in [3.05, 3.63) is 42.0 Å². The standard InChI is InChI=1S/C14H10F6O3S/c15-12(16)14(19,20)13(17,18)7-8-3-1-5-10-9(8)4-2-6-11(10)24(21,22)23/h1-6,12H,7H2,(H,21,22,23). The van der Waals surface area contributed by atoms with Gasteiger partial charge in [-0.2, -0.15) is 26.0 Å². The predicted octanol–water partition coefficient (Wildman–Crippen LogP) is 4.16. The van der Waals surface area contributed by atoms with E-state index in [9.17, 15) is 34.8 Å². The molecule has 2 rings (SSSR count). The molecule has 132 valence electrons. The Bertz CT molecular complexity index is 864. The van der Waals surface area contributed by atoms with Gasteiger partial charge in [-0.1, -0.05) is 30.3 Å². The number of benzene rings is 2. The van der Waals surface area contributed by atoms with Crippen LogP contribution in [0.3, 0.4) is 0 Å². The minimum atomic E-state index is -5.55. The Morgan fingerprint density at radius 3 is 2.04 bits per heavy atom. The van der Waals surface area contributed by atoms with Crippen LogP contribution >= 0.6 is 0 Å². The second kappa shape index (κ2) is 5.92. The normalized spacial score (nSPS) is 13.7. The second-order valence-electron chi connectivity index (χ2n) is 5.05. The number of rotatable bonds is 5. The van der Waals surface area contributed by atoms with Crippen LogP contribution in [0.1, 0.15) is 5.56 Å². The third kappa shape index (κ3) is 3.20. The van der Waals surface area contributed by atoms with Crippen molar-refractivity contribution in [2.75, 3.05) is 0 Å². The smallest absolute Gasteiger partial charge is 0.282 e. The van der Waals surface area contributed by atoms with E-state index in [4.69, 9.17) is 4.55 Å². The van der Waals surface area contributed by atoms with Gasteiger partial charge >= 0.3 is 18.3 Å². The van der Waals surface area contributed by atoms with Crippen molar-refractivity contribution in [1.29, 1.82) is 0 Å². The molecule has 10 heteroatoms. The number of halogens is 6. The Kier molecular flexibility index (Phi) is 4.57. The molecule has 0 aliphatic rings. The maximum atomic E-state index is 13.6. The van der Waals surface area contributed by atoms with Crippen LogP contribution in [-0.2, 0) is 16.5 Å². The van der Waals surface area contributed by atoms with Gasteiger partial charge in [-0.3, -0.25) is 4.55 Å². The highest BCUT2D eigenvalue weighted by molar-refractivity contribution is 7.86. The molecule has 2 aromatic rings. The van der Waals surface area contributed by atoms with Crippen LogP contribution in [-0.4, -0.2) is 31.2 Å². The third-order valence-corrected chi connectivity index (χ3v) is 4.34. The summed E-state index contributed by atoms with van der Waals surface area (Å²) in [6.07, 6.45) is -6.28. The van der Waals surface area contributed by atoms with Crippen LogP contribution in [0.15, 0.2) is 41.3 Å². The van der Waals surface area contributed by atoms with E-state index in [-0.39, 0.29) is 10.8 Å². The van der Waals surface area contributed by atoms with E-state index >= 15 is 0 Å². The SMILES string of the molecule is O=S(=O)(O)c1cccc2c(CC(F)(F)C(F)(F)C(F)F)cccc12. The molecule has 0 amide bonds. The monoisotopic (exact) mass is 372 g/mol. The molecule has 0 aromatic heterocycles. The van der Waals surface area contributed by atoms with Crippen LogP contribution in [0.25, 0.3) is 10.8 Å². The molecule has 0 spiro atoms. The van der Waals surface area contributed by atoms with Gasteiger partial charge in [0.25, 0.3) is 10.1 Å². The Hall–Kier alpha value is -1.81. The quantitative estimate of drug-likeness (QED) is 0.633. The van der Waals surface area contributed by atoms with Gasteiger partial charge in [0, 0.05) is 11.8 Å². The molecule has 0 unspecified atom stereocenters. The maximum absolute atomic E-state index is 13.6. The molecule has 0 heterocycles. The fourth-order valence-electron chi connectivity index (χ4n) is 2.24. The van der Waals surface area contributed by atoms with Crippen LogP contribution in [0, 0.1) is 0 Å². The number of hydrogen-bond acceptors (Lipinski definition) is 2.